The number of hydrogen-bond donors (Lipinski definition) is 4. The van der Waals surface area contributed by atoms with E-state index >= 15 is 0 Å². The molecular formula is C23H35N9O4S. The van der Waals surface area contributed by atoms with Gasteiger partial charge in [0, 0.05) is 66.3 Å². The molecule has 7 atom stereocenters. The topological polar surface area (TPSA) is 172 Å². The summed E-state index contributed by atoms with van der Waals surface area (Å²) in [6, 6.07) is -0.325. The Labute approximate surface area is 219 Å². The lowest BCUT2D eigenvalue weighted by Crippen LogP contribution is -2.62. The van der Waals surface area contributed by atoms with Crippen LogP contribution in [0.4, 0.5) is 0 Å². The molecule has 0 unspecified atom stereocenters. The zero-order chi connectivity index (χ0) is 26.4. The van der Waals surface area contributed by atoms with E-state index in [-0.39, 0.29) is 59.5 Å². The minimum absolute atomic E-state index is 0.0106. The summed E-state index contributed by atoms with van der Waals surface area (Å²) in [5, 5.41) is 28.2. The average Bonchev–Trinajstić information content (AvgIpc) is 3.58. The molecule has 0 aromatic carbocycles. The number of nitrogens with zero attached hydrogens (tertiary/aromatic N) is 6. The molecule has 2 amide bonds. The lowest BCUT2D eigenvalue weighted by Gasteiger charge is -2.50. The Morgan fingerprint density at radius 1 is 1.32 bits per heavy atom. The Hall–Kier alpha value is -2.71. The normalized spacial score (nSPS) is 31.9. The summed E-state index contributed by atoms with van der Waals surface area (Å²) in [4.78, 5) is 43.7. The van der Waals surface area contributed by atoms with Crippen molar-refractivity contribution >= 4 is 29.5 Å². The molecule has 13 nitrogen and oxygen atoms in total. The predicted molar refractivity (Wildman–Crippen MR) is 135 cm³/mol. The molecule has 202 valence electrons. The van der Waals surface area contributed by atoms with Gasteiger partial charge in [0.05, 0.1) is 19.5 Å². The largest absolute Gasteiger partial charge is 0.477 e. The van der Waals surface area contributed by atoms with Gasteiger partial charge in [-0.1, -0.05) is 6.92 Å². The highest BCUT2D eigenvalue weighted by Gasteiger charge is 2.54. The van der Waals surface area contributed by atoms with Gasteiger partial charge in [0.25, 0.3) is 0 Å². The van der Waals surface area contributed by atoms with E-state index in [1.54, 1.807) is 18.8 Å². The van der Waals surface area contributed by atoms with E-state index in [1.165, 1.54) is 4.80 Å². The number of tetrazole rings is 1. The molecule has 37 heavy (non-hydrogen) atoms. The molecule has 3 saturated heterocycles. The fraction of sp³-hybridized carbons (Fsp3) is 0.739. The van der Waals surface area contributed by atoms with E-state index in [0.29, 0.717) is 44.1 Å². The van der Waals surface area contributed by atoms with Crippen LogP contribution in [0.1, 0.15) is 32.5 Å². The first-order valence-corrected chi connectivity index (χ1v) is 13.7. The van der Waals surface area contributed by atoms with Gasteiger partial charge in [-0.15, -0.1) is 22.0 Å². The second-order valence-corrected chi connectivity index (χ2v) is 12.0. The number of carbonyl (C=O) groups excluding carboxylic acids is 2. The summed E-state index contributed by atoms with van der Waals surface area (Å²) in [7, 11) is 1.65. The van der Waals surface area contributed by atoms with E-state index in [2.05, 4.69) is 33.0 Å². The van der Waals surface area contributed by atoms with E-state index < -0.39 is 5.97 Å². The van der Waals surface area contributed by atoms with Crippen LogP contribution in [-0.4, -0.2) is 108 Å². The third-order valence-electron chi connectivity index (χ3n) is 7.97. The number of likely N-dealkylation sites (tertiary alicyclic amines) is 1. The first-order valence-electron chi connectivity index (χ1n) is 12.8. The Morgan fingerprint density at radius 2 is 2.11 bits per heavy atom. The third-order valence-corrected chi connectivity index (χ3v) is 9.48. The maximum absolute atomic E-state index is 12.9. The Morgan fingerprint density at radius 3 is 2.76 bits per heavy atom. The zero-order valence-corrected chi connectivity index (χ0v) is 22.1. The minimum Gasteiger partial charge on any atom is -0.477 e. The number of carboxylic acid groups (broad SMARTS) is 1. The molecule has 1 aromatic heterocycles. The second kappa shape index (κ2) is 10.2. The van der Waals surface area contributed by atoms with Gasteiger partial charge < -0.3 is 31.3 Å². The smallest absolute Gasteiger partial charge is 0.353 e. The lowest BCUT2D eigenvalue weighted by molar-refractivity contribution is -0.136. The van der Waals surface area contributed by atoms with Crippen molar-refractivity contribution in [2.45, 2.75) is 62.5 Å². The van der Waals surface area contributed by atoms with Gasteiger partial charge >= 0.3 is 5.97 Å². The first-order chi connectivity index (χ1) is 17.6. The number of nitrogens with one attached hydrogen (secondary N) is 2. The SMILES string of the molecule is C[C@@H](NC(=O)Cc1nnn(C)n1)[C@H]1CN2C(C(=O)O)=C(S[C@@H]3CN[C@H](C(=O)N4CC[C@@H](N)C4)C3)[C@H](C)[C@H]12. The molecule has 5 heterocycles. The Kier molecular flexibility index (Phi) is 7.16. The van der Waals surface area contributed by atoms with Crippen LogP contribution >= 0.6 is 11.8 Å². The van der Waals surface area contributed by atoms with Crippen LogP contribution in [0.3, 0.4) is 0 Å². The lowest BCUT2D eigenvalue weighted by atomic mass is 9.79. The molecule has 0 radical (unpaired) electrons. The number of aliphatic carboxylic acids is 1. The molecule has 0 saturated carbocycles. The van der Waals surface area contributed by atoms with Crippen molar-refractivity contribution in [3.63, 3.8) is 0 Å². The van der Waals surface area contributed by atoms with Crippen LogP contribution in [0.5, 0.6) is 0 Å². The van der Waals surface area contributed by atoms with Crippen molar-refractivity contribution in [2.75, 3.05) is 26.2 Å². The van der Waals surface area contributed by atoms with E-state index in [1.807, 2.05) is 16.7 Å². The van der Waals surface area contributed by atoms with Crippen molar-refractivity contribution in [1.82, 2.24) is 40.6 Å². The molecule has 4 aliphatic heterocycles. The number of thioether (sulfide) groups is 1. The van der Waals surface area contributed by atoms with Crippen molar-refractivity contribution < 1.29 is 19.5 Å². The molecule has 5 N–H and O–H groups in total. The number of fused-ring (bicyclic) bond motifs is 1. The number of carbonyl (C=O) groups is 3. The molecule has 1 aromatic rings. The summed E-state index contributed by atoms with van der Waals surface area (Å²) in [5.41, 5.74) is 6.33. The van der Waals surface area contributed by atoms with Gasteiger partial charge in [0.2, 0.25) is 11.8 Å². The summed E-state index contributed by atoms with van der Waals surface area (Å²) in [5.74, 6) is -0.519. The van der Waals surface area contributed by atoms with Crippen LogP contribution in [0, 0.1) is 11.8 Å². The number of carboxylic acids is 1. The monoisotopic (exact) mass is 533 g/mol. The number of aromatic nitrogens is 4. The maximum atomic E-state index is 12.9. The maximum Gasteiger partial charge on any atom is 0.353 e. The number of aryl methyl sites for hydroxylation is 1. The number of amides is 2. The summed E-state index contributed by atoms with van der Waals surface area (Å²) >= 11 is 1.59. The number of rotatable bonds is 8. The predicted octanol–water partition coefficient (Wildman–Crippen LogP) is -1.47. The quantitative estimate of drug-likeness (QED) is 0.307. The van der Waals surface area contributed by atoms with Crippen molar-refractivity contribution in [2.24, 2.45) is 24.6 Å². The van der Waals surface area contributed by atoms with E-state index in [9.17, 15) is 19.5 Å². The molecule has 5 rings (SSSR count). The van der Waals surface area contributed by atoms with Crippen LogP contribution < -0.4 is 16.4 Å². The molecule has 0 spiro atoms. The highest BCUT2D eigenvalue weighted by atomic mass is 32.2. The molecule has 3 fully saturated rings. The van der Waals surface area contributed by atoms with Gasteiger partial charge in [0.1, 0.15) is 5.70 Å². The van der Waals surface area contributed by atoms with Gasteiger partial charge in [-0.2, -0.15) is 4.80 Å². The van der Waals surface area contributed by atoms with E-state index in [0.717, 1.165) is 11.3 Å². The number of hydrogen-bond acceptors (Lipinski definition) is 10. The summed E-state index contributed by atoms with van der Waals surface area (Å²) < 4.78 is 0. The van der Waals surface area contributed by atoms with Crippen LogP contribution in [-0.2, 0) is 27.9 Å². The molecule has 0 aliphatic carbocycles. The van der Waals surface area contributed by atoms with Gasteiger partial charge in [-0.25, -0.2) is 4.79 Å². The van der Waals surface area contributed by atoms with Crippen molar-refractivity contribution in [3.8, 4) is 0 Å². The van der Waals surface area contributed by atoms with E-state index in [4.69, 9.17) is 5.73 Å². The standard InChI is InChI=1S/C23H35N9O4S/c1-11-19-15(12(2)26-18(33)7-17-27-29-30(3)28-17)10-32(19)20(23(35)36)21(11)37-14-6-16(25-8-14)22(34)31-5-4-13(24)9-31/h11-16,19,25H,4-10,24H2,1-3H3,(H,26,33)(H,35,36)/t11-,12-,13-,14+,15-,16+,19-/m1/s1. The fourth-order valence-electron chi connectivity index (χ4n) is 6.11. The molecule has 14 heteroatoms. The molecule has 0 bridgehead atoms. The highest BCUT2D eigenvalue weighted by molar-refractivity contribution is 8.03. The Bertz CT molecular complexity index is 1110. The number of nitrogens with two attached hydrogens (primary N) is 1. The van der Waals surface area contributed by atoms with Crippen molar-refractivity contribution in [1.29, 1.82) is 0 Å². The molecule has 4 aliphatic rings. The average molecular weight is 534 g/mol. The minimum atomic E-state index is -0.926. The van der Waals surface area contributed by atoms with Crippen LogP contribution in [0.15, 0.2) is 10.6 Å². The highest BCUT2D eigenvalue weighted by Crippen LogP contribution is 2.51. The van der Waals surface area contributed by atoms with Crippen molar-refractivity contribution in [3.05, 3.63) is 16.4 Å². The first kappa shape index (κ1) is 25.9. The third kappa shape index (κ3) is 5.06. The summed E-state index contributed by atoms with van der Waals surface area (Å²) in [6.45, 7) is 6.55. The molecular weight excluding hydrogens is 498 g/mol. The second-order valence-electron chi connectivity index (χ2n) is 10.6. The van der Waals surface area contributed by atoms with Gasteiger partial charge in [0.15, 0.2) is 5.82 Å². The van der Waals surface area contributed by atoms with Crippen LogP contribution in [0.25, 0.3) is 0 Å². The van der Waals surface area contributed by atoms with Crippen LogP contribution in [0.2, 0.25) is 0 Å². The fourth-order valence-corrected chi connectivity index (χ4v) is 7.60. The summed E-state index contributed by atoms with van der Waals surface area (Å²) in [6.07, 6.45) is 1.54. The Balaban J connectivity index is 1.19. The van der Waals surface area contributed by atoms with Gasteiger partial charge in [-0.05, 0) is 25.0 Å². The zero-order valence-electron chi connectivity index (χ0n) is 21.3. The van der Waals surface area contributed by atoms with Gasteiger partial charge in [-0.3, -0.25) is 9.59 Å².